The average Bonchev–Trinajstić information content (AvgIpc) is 3.32. The minimum atomic E-state index is -1.03. The molecule has 0 aromatic carbocycles. The van der Waals surface area contributed by atoms with Crippen LogP contribution in [0.4, 0.5) is 4.39 Å². The fourth-order valence-corrected chi connectivity index (χ4v) is 8.54. The first-order chi connectivity index (χ1) is 15.3. The third kappa shape index (κ3) is 3.45. The first kappa shape index (κ1) is 21.9. The van der Waals surface area contributed by atoms with Crippen molar-refractivity contribution in [3.8, 4) is 6.07 Å². The van der Waals surface area contributed by atoms with Crippen LogP contribution in [0.3, 0.4) is 0 Å². The number of allylic oxidation sites excluding steroid dienone is 1. The number of rotatable bonds is 3. The van der Waals surface area contributed by atoms with Gasteiger partial charge in [-0.05, 0) is 93.3 Å². The number of fused-ring (bicyclic) bond motifs is 5. The summed E-state index contributed by atoms with van der Waals surface area (Å²) in [5, 5.41) is 23.8. The largest absolute Gasteiger partial charge is 0.390 e. The predicted molar refractivity (Wildman–Crippen MR) is 118 cm³/mol. The van der Waals surface area contributed by atoms with Gasteiger partial charge in [-0.2, -0.15) is 10.4 Å². The number of halogens is 1. The van der Waals surface area contributed by atoms with Crippen LogP contribution in [0, 0.1) is 52.3 Å². The Morgan fingerprint density at radius 2 is 2.03 bits per heavy atom. The van der Waals surface area contributed by atoms with Crippen molar-refractivity contribution in [1.82, 2.24) is 9.78 Å². The maximum Gasteiger partial charge on any atom is 0.125 e. The maximum atomic E-state index is 15.6. The van der Waals surface area contributed by atoms with Crippen LogP contribution >= 0.6 is 0 Å². The molecular formula is C26H34FN3O2. The van der Waals surface area contributed by atoms with Gasteiger partial charge in [-0.3, -0.25) is 4.68 Å². The third-order valence-corrected chi connectivity index (χ3v) is 9.83. The van der Waals surface area contributed by atoms with E-state index in [9.17, 15) is 9.90 Å². The van der Waals surface area contributed by atoms with Gasteiger partial charge in [-0.1, -0.05) is 6.92 Å². The summed E-state index contributed by atoms with van der Waals surface area (Å²) in [5.74, 6) is 4.36. The summed E-state index contributed by atoms with van der Waals surface area (Å²) >= 11 is 0. The van der Waals surface area contributed by atoms with Crippen LogP contribution < -0.4 is 0 Å². The number of aromatic nitrogens is 2. The lowest BCUT2D eigenvalue weighted by Crippen LogP contribution is -2.50. The summed E-state index contributed by atoms with van der Waals surface area (Å²) < 4.78 is 17.2. The summed E-state index contributed by atoms with van der Waals surface area (Å²) in [7, 11) is 0. The van der Waals surface area contributed by atoms with E-state index in [2.05, 4.69) is 18.0 Å². The minimum absolute atomic E-state index is 0.201. The second-order valence-corrected chi connectivity index (χ2v) is 11.6. The molecule has 1 aromatic heterocycles. The molecule has 4 fully saturated rings. The van der Waals surface area contributed by atoms with Gasteiger partial charge in [0.15, 0.2) is 0 Å². The lowest BCUT2D eigenvalue weighted by atomic mass is 9.49. The van der Waals surface area contributed by atoms with Gasteiger partial charge >= 0.3 is 0 Å². The number of aliphatic hydroxyl groups is 1. The van der Waals surface area contributed by atoms with E-state index in [0.717, 1.165) is 44.9 Å². The topological polar surface area (TPSA) is 78.9 Å². The van der Waals surface area contributed by atoms with E-state index >= 15 is 4.39 Å². The molecule has 4 saturated carbocycles. The molecule has 0 spiro atoms. The molecule has 4 unspecified atom stereocenters. The van der Waals surface area contributed by atoms with E-state index in [1.54, 1.807) is 10.9 Å². The van der Waals surface area contributed by atoms with Crippen LogP contribution in [0.25, 0.3) is 0 Å². The Balaban J connectivity index is 1.38. The molecule has 0 saturated heterocycles. The zero-order valence-electron chi connectivity index (χ0n) is 19.1. The normalized spacial score (nSPS) is 45.2. The van der Waals surface area contributed by atoms with Crippen LogP contribution in [-0.2, 0) is 11.3 Å². The molecule has 4 aliphatic rings. The maximum absolute atomic E-state index is 15.6. The van der Waals surface area contributed by atoms with Gasteiger partial charge in [0.2, 0.25) is 0 Å². The van der Waals surface area contributed by atoms with Gasteiger partial charge in [0.1, 0.15) is 18.2 Å². The molecule has 172 valence electrons. The quantitative estimate of drug-likeness (QED) is 0.704. The standard InChI is InChI=1S/C26H34FN3O2/c1-25(32)7-5-19-17(10-25)3-4-21-20(19)6-8-26(2)22(21)9-23(27)24(26)18(15-31)14-30-13-16(11-28)12-29-30/h12-13,17,19-24,32H,3-10,14H2,1-2H3/t17-,19+,20?,21?,22?,23-,24?,25-,26+/m1/s1. The van der Waals surface area contributed by atoms with Crippen molar-refractivity contribution in [2.24, 2.45) is 40.9 Å². The van der Waals surface area contributed by atoms with Crippen molar-refractivity contribution < 1.29 is 14.3 Å². The van der Waals surface area contributed by atoms with E-state index in [1.165, 1.54) is 6.20 Å². The zero-order valence-corrected chi connectivity index (χ0v) is 19.1. The Morgan fingerprint density at radius 1 is 1.25 bits per heavy atom. The van der Waals surface area contributed by atoms with Crippen LogP contribution in [0.15, 0.2) is 18.0 Å². The molecule has 0 amide bonds. The van der Waals surface area contributed by atoms with Crippen molar-refractivity contribution in [3.05, 3.63) is 23.5 Å². The molecule has 5 nitrogen and oxygen atoms in total. The molecule has 5 rings (SSSR count). The lowest BCUT2D eigenvalue weighted by Gasteiger charge is -2.56. The second kappa shape index (κ2) is 7.82. The molecular weight excluding hydrogens is 405 g/mol. The number of hydrogen-bond acceptors (Lipinski definition) is 4. The van der Waals surface area contributed by atoms with E-state index in [0.29, 0.717) is 47.1 Å². The monoisotopic (exact) mass is 439 g/mol. The predicted octanol–water partition coefficient (Wildman–Crippen LogP) is 4.48. The van der Waals surface area contributed by atoms with Gasteiger partial charge in [0.25, 0.3) is 0 Å². The molecule has 1 heterocycles. The first-order valence-corrected chi connectivity index (χ1v) is 12.3. The number of alkyl halides is 1. The van der Waals surface area contributed by atoms with Crippen LogP contribution in [0.5, 0.6) is 0 Å². The smallest absolute Gasteiger partial charge is 0.125 e. The highest BCUT2D eigenvalue weighted by molar-refractivity contribution is 5.54. The Labute approximate surface area is 189 Å². The Kier molecular flexibility index (Phi) is 5.34. The van der Waals surface area contributed by atoms with E-state index < -0.39 is 17.7 Å². The third-order valence-electron chi connectivity index (χ3n) is 9.83. The molecule has 1 aromatic rings. The number of hydrogen-bond donors (Lipinski definition) is 1. The summed E-state index contributed by atoms with van der Waals surface area (Å²) in [6.45, 7) is 4.39. The Bertz CT molecular complexity index is 974. The van der Waals surface area contributed by atoms with E-state index in [-0.39, 0.29) is 12.0 Å². The number of carbonyl (C=O) groups excluding carboxylic acids is 1. The lowest BCUT2D eigenvalue weighted by molar-refractivity contribution is -0.0979. The van der Waals surface area contributed by atoms with Crippen molar-refractivity contribution in [2.75, 3.05) is 0 Å². The average molecular weight is 440 g/mol. The molecule has 0 aliphatic heterocycles. The van der Waals surface area contributed by atoms with Gasteiger partial charge in [-0.25, -0.2) is 9.18 Å². The van der Waals surface area contributed by atoms with Crippen molar-refractivity contribution >= 4 is 5.94 Å². The molecule has 6 heteroatoms. The van der Waals surface area contributed by atoms with Crippen molar-refractivity contribution in [2.45, 2.75) is 83.5 Å². The van der Waals surface area contributed by atoms with Crippen molar-refractivity contribution in [1.29, 1.82) is 5.26 Å². The molecule has 0 radical (unpaired) electrons. The molecule has 1 N–H and O–H groups in total. The summed E-state index contributed by atoms with van der Waals surface area (Å²) in [4.78, 5) is 12.0. The van der Waals surface area contributed by atoms with Gasteiger partial charge < -0.3 is 5.11 Å². The van der Waals surface area contributed by atoms with Crippen LogP contribution in [0.2, 0.25) is 0 Å². The van der Waals surface area contributed by atoms with Crippen LogP contribution in [-0.4, -0.2) is 32.6 Å². The molecule has 0 bridgehead atoms. The molecule has 4 aliphatic carbocycles. The fourth-order valence-electron chi connectivity index (χ4n) is 8.54. The van der Waals surface area contributed by atoms with E-state index in [4.69, 9.17) is 5.26 Å². The van der Waals surface area contributed by atoms with E-state index in [1.807, 2.05) is 13.0 Å². The van der Waals surface area contributed by atoms with Gasteiger partial charge in [0, 0.05) is 17.7 Å². The summed E-state index contributed by atoms with van der Waals surface area (Å²) in [6.07, 6.45) is 9.74. The highest BCUT2D eigenvalue weighted by Crippen LogP contribution is 2.66. The first-order valence-electron chi connectivity index (χ1n) is 12.3. The molecule has 32 heavy (non-hydrogen) atoms. The highest BCUT2D eigenvalue weighted by Gasteiger charge is 2.61. The SMILES string of the molecule is C[C@@]1(O)CC[C@@H]2C3CC[C@@]4(C)C(C[C@@H](F)C4C(=C=O)Cn4cc(C#N)cn4)C3CC[C@@H]2C1. The zero-order chi connectivity index (χ0) is 22.7. The fraction of sp³-hybridized carbons (Fsp3) is 0.769. The van der Waals surface area contributed by atoms with Crippen molar-refractivity contribution in [3.63, 3.8) is 0 Å². The van der Waals surface area contributed by atoms with Gasteiger partial charge in [-0.15, -0.1) is 0 Å². The minimum Gasteiger partial charge on any atom is -0.390 e. The highest BCUT2D eigenvalue weighted by atomic mass is 19.1. The summed E-state index contributed by atoms with van der Waals surface area (Å²) in [6, 6.07) is 2.05. The Hall–Kier alpha value is -1.96. The number of nitrogens with zero attached hydrogens (tertiary/aromatic N) is 3. The van der Waals surface area contributed by atoms with Gasteiger partial charge in [0.05, 0.1) is 23.9 Å². The van der Waals surface area contributed by atoms with Crippen LogP contribution in [0.1, 0.15) is 70.8 Å². The second-order valence-electron chi connectivity index (χ2n) is 11.6. The summed E-state index contributed by atoms with van der Waals surface area (Å²) in [5.41, 5.74) is 0.134. The number of nitriles is 1. The molecule has 9 atom stereocenters. The Morgan fingerprint density at radius 3 is 2.75 bits per heavy atom.